The summed E-state index contributed by atoms with van der Waals surface area (Å²) in [4.78, 5) is 10.7. The maximum absolute atomic E-state index is 10.7. The molecule has 0 atom stereocenters. The van der Waals surface area contributed by atoms with E-state index in [0.29, 0.717) is 18.1 Å². The van der Waals surface area contributed by atoms with Crippen molar-refractivity contribution in [3.63, 3.8) is 0 Å². The standard InChI is InChI=1S/C7H9NO2S/c1-2-3-8-7(6(9)10)4-11-5-7/h1,8H,3-5H2,(H,9,10). The zero-order chi connectivity index (χ0) is 8.32. The smallest absolute Gasteiger partial charge is 0.325 e. The van der Waals surface area contributed by atoms with Crippen molar-refractivity contribution in [3.05, 3.63) is 0 Å². The number of aliphatic carboxylic acids is 1. The van der Waals surface area contributed by atoms with E-state index in [1.165, 1.54) is 0 Å². The molecule has 1 aliphatic rings. The van der Waals surface area contributed by atoms with Crippen molar-refractivity contribution in [2.24, 2.45) is 0 Å². The highest BCUT2D eigenvalue weighted by Crippen LogP contribution is 2.29. The van der Waals surface area contributed by atoms with Crippen LogP contribution in [0.4, 0.5) is 0 Å². The van der Waals surface area contributed by atoms with Crippen molar-refractivity contribution >= 4 is 17.7 Å². The van der Waals surface area contributed by atoms with Gasteiger partial charge in [0.25, 0.3) is 0 Å². The minimum atomic E-state index is -0.800. The van der Waals surface area contributed by atoms with E-state index in [9.17, 15) is 4.79 Å². The molecule has 1 heterocycles. The second-order valence-electron chi connectivity index (χ2n) is 2.44. The van der Waals surface area contributed by atoms with Gasteiger partial charge in [-0.25, -0.2) is 0 Å². The quantitative estimate of drug-likeness (QED) is 0.576. The summed E-state index contributed by atoms with van der Waals surface area (Å²) in [6, 6.07) is 0. The molecule has 0 amide bonds. The highest BCUT2D eigenvalue weighted by Gasteiger charge is 2.44. The van der Waals surface area contributed by atoms with Gasteiger partial charge in [0, 0.05) is 11.5 Å². The van der Waals surface area contributed by atoms with Crippen LogP contribution in [0.25, 0.3) is 0 Å². The Kier molecular flexibility index (Phi) is 2.42. The molecule has 2 N–H and O–H groups in total. The van der Waals surface area contributed by atoms with Gasteiger partial charge in [-0.3, -0.25) is 10.1 Å². The molecule has 1 rings (SSSR count). The first-order valence-corrected chi connectivity index (χ1v) is 4.36. The Labute approximate surface area is 69.6 Å². The molecule has 0 bridgehead atoms. The van der Waals surface area contributed by atoms with Crippen LogP contribution in [0, 0.1) is 12.3 Å². The van der Waals surface area contributed by atoms with Gasteiger partial charge in [0.05, 0.1) is 6.54 Å². The van der Waals surface area contributed by atoms with Gasteiger partial charge in [-0.05, 0) is 0 Å². The third-order valence-electron chi connectivity index (χ3n) is 1.64. The van der Waals surface area contributed by atoms with Gasteiger partial charge in [-0.1, -0.05) is 5.92 Å². The molecule has 60 valence electrons. The van der Waals surface area contributed by atoms with Gasteiger partial charge in [0.1, 0.15) is 5.54 Å². The van der Waals surface area contributed by atoms with E-state index in [4.69, 9.17) is 11.5 Å². The fourth-order valence-electron chi connectivity index (χ4n) is 0.828. The molecule has 0 aromatic rings. The fourth-order valence-corrected chi connectivity index (χ4v) is 1.89. The number of terminal acetylenes is 1. The predicted molar refractivity (Wildman–Crippen MR) is 44.5 cm³/mol. The van der Waals surface area contributed by atoms with E-state index in [-0.39, 0.29) is 0 Å². The molecule has 0 unspecified atom stereocenters. The lowest BCUT2D eigenvalue weighted by Gasteiger charge is -2.37. The summed E-state index contributed by atoms with van der Waals surface area (Å²) in [5.74, 6) is 2.79. The molecule has 11 heavy (non-hydrogen) atoms. The van der Waals surface area contributed by atoms with Crippen molar-refractivity contribution in [1.82, 2.24) is 5.32 Å². The third-order valence-corrected chi connectivity index (χ3v) is 3.03. The van der Waals surface area contributed by atoms with Crippen LogP contribution in [-0.4, -0.2) is 34.7 Å². The summed E-state index contributed by atoms with van der Waals surface area (Å²) >= 11 is 1.61. The van der Waals surface area contributed by atoms with Gasteiger partial charge >= 0.3 is 5.97 Å². The molecule has 1 aliphatic heterocycles. The average Bonchev–Trinajstić information content (AvgIpc) is 1.85. The van der Waals surface area contributed by atoms with Crippen molar-refractivity contribution in [2.45, 2.75) is 5.54 Å². The second kappa shape index (κ2) is 3.16. The van der Waals surface area contributed by atoms with Crippen LogP contribution < -0.4 is 5.32 Å². The lowest BCUT2D eigenvalue weighted by atomic mass is 10.1. The van der Waals surface area contributed by atoms with Crippen molar-refractivity contribution in [1.29, 1.82) is 0 Å². The topological polar surface area (TPSA) is 49.3 Å². The Bertz CT molecular complexity index is 205. The Balaban J connectivity index is 2.48. The number of hydrogen-bond acceptors (Lipinski definition) is 3. The molecule has 1 fully saturated rings. The van der Waals surface area contributed by atoms with Gasteiger partial charge < -0.3 is 5.11 Å². The molecule has 3 nitrogen and oxygen atoms in total. The van der Waals surface area contributed by atoms with Crippen LogP contribution in [-0.2, 0) is 4.79 Å². The Morgan fingerprint density at radius 2 is 2.45 bits per heavy atom. The summed E-state index contributed by atoms with van der Waals surface area (Å²) in [6.45, 7) is 0.326. The zero-order valence-corrected chi connectivity index (χ0v) is 6.78. The summed E-state index contributed by atoms with van der Waals surface area (Å²) in [7, 11) is 0. The summed E-state index contributed by atoms with van der Waals surface area (Å²) in [5, 5.41) is 11.6. The van der Waals surface area contributed by atoms with E-state index in [1.807, 2.05) is 0 Å². The van der Waals surface area contributed by atoms with Gasteiger partial charge in [-0.2, -0.15) is 11.8 Å². The SMILES string of the molecule is C#CCNC1(C(=O)O)CSC1. The Morgan fingerprint density at radius 3 is 2.73 bits per heavy atom. The summed E-state index contributed by atoms with van der Waals surface area (Å²) < 4.78 is 0. The first-order chi connectivity index (χ1) is 5.21. The second-order valence-corrected chi connectivity index (χ2v) is 3.42. The number of carboxylic acid groups (broad SMARTS) is 1. The maximum atomic E-state index is 10.7. The van der Waals surface area contributed by atoms with Crippen LogP contribution in [0.3, 0.4) is 0 Å². The molecule has 0 radical (unpaired) electrons. The number of thioether (sulfide) groups is 1. The molecule has 0 aromatic heterocycles. The molecular weight excluding hydrogens is 162 g/mol. The van der Waals surface area contributed by atoms with Crippen LogP contribution in [0.15, 0.2) is 0 Å². The summed E-state index contributed by atoms with van der Waals surface area (Å²) in [6.07, 6.45) is 5.00. The fraction of sp³-hybridized carbons (Fsp3) is 0.571. The molecule has 0 aromatic carbocycles. The number of hydrogen-bond donors (Lipinski definition) is 2. The lowest BCUT2D eigenvalue weighted by molar-refractivity contribution is -0.143. The molecule has 1 saturated heterocycles. The molecule has 0 saturated carbocycles. The minimum Gasteiger partial charge on any atom is -0.480 e. The first-order valence-electron chi connectivity index (χ1n) is 3.21. The monoisotopic (exact) mass is 171 g/mol. The van der Waals surface area contributed by atoms with Gasteiger partial charge in [0.15, 0.2) is 0 Å². The minimum absolute atomic E-state index is 0.326. The Hall–Kier alpha value is -0.660. The largest absolute Gasteiger partial charge is 0.480 e. The molecule has 4 heteroatoms. The van der Waals surface area contributed by atoms with Gasteiger partial charge in [-0.15, -0.1) is 6.42 Å². The average molecular weight is 171 g/mol. The normalized spacial score (nSPS) is 19.9. The van der Waals surface area contributed by atoms with E-state index >= 15 is 0 Å². The number of nitrogens with one attached hydrogen (secondary N) is 1. The van der Waals surface area contributed by atoms with Crippen LogP contribution >= 0.6 is 11.8 Å². The summed E-state index contributed by atoms with van der Waals surface area (Å²) in [5.41, 5.74) is -0.739. The zero-order valence-electron chi connectivity index (χ0n) is 5.96. The van der Waals surface area contributed by atoms with Gasteiger partial charge in [0.2, 0.25) is 0 Å². The van der Waals surface area contributed by atoms with Crippen LogP contribution in [0.2, 0.25) is 0 Å². The highest BCUT2D eigenvalue weighted by molar-refractivity contribution is 8.01. The number of carbonyl (C=O) groups is 1. The lowest BCUT2D eigenvalue weighted by Crippen LogP contribution is -2.61. The van der Waals surface area contributed by atoms with Crippen molar-refractivity contribution in [2.75, 3.05) is 18.1 Å². The van der Waals surface area contributed by atoms with E-state index < -0.39 is 11.5 Å². The molecule has 0 spiro atoms. The highest BCUT2D eigenvalue weighted by atomic mass is 32.2. The van der Waals surface area contributed by atoms with Crippen molar-refractivity contribution < 1.29 is 9.90 Å². The number of rotatable bonds is 3. The van der Waals surface area contributed by atoms with E-state index in [2.05, 4.69) is 11.2 Å². The van der Waals surface area contributed by atoms with Crippen LogP contribution in [0.5, 0.6) is 0 Å². The van der Waals surface area contributed by atoms with Crippen molar-refractivity contribution in [3.8, 4) is 12.3 Å². The molecule has 0 aliphatic carbocycles. The maximum Gasteiger partial charge on any atom is 0.325 e. The Morgan fingerprint density at radius 1 is 1.82 bits per heavy atom. The third kappa shape index (κ3) is 1.50. The molecular formula is C7H9NO2S. The van der Waals surface area contributed by atoms with E-state index in [0.717, 1.165) is 0 Å². The first kappa shape index (κ1) is 8.44. The number of carboxylic acids is 1. The van der Waals surface area contributed by atoms with E-state index in [1.54, 1.807) is 11.8 Å². The van der Waals surface area contributed by atoms with Crippen LogP contribution in [0.1, 0.15) is 0 Å². The predicted octanol–water partition coefficient (Wildman–Crippen LogP) is -0.221.